The number of nitrogens with one attached hydrogen (secondary N) is 1. The Hall–Kier alpha value is -1.95. The van der Waals surface area contributed by atoms with E-state index in [1.54, 1.807) is 0 Å². The van der Waals surface area contributed by atoms with Gasteiger partial charge in [-0.15, -0.1) is 10.2 Å². The largest absolute Gasteiger partial charge is 0.483 e. The number of amides is 1. The minimum Gasteiger partial charge on any atom is -0.483 e. The third-order valence-corrected chi connectivity index (χ3v) is 4.51. The van der Waals surface area contributed by atoms with Crippen molar-refractivity contribution < 1.29 is 9.53 Å². The topological polar surface area (TPSA) is 64.1 Å². The standard InChI is InChI=1S/C18H25N3O2S/c1-4-5-6-11-17-20-21-18(24-17)19-16(22)12-23-15-10-8-7-9-14(15)13(2)3/h7-10,13H,4-6,11-12H2,1-3H3,(H,19,21,22). The highest BCUT2D eigenvalue weighted by Crippen LogP contribution is 2.25. The second kappa shape index (κ2) is 9.37. The highest BCUT2D eigenvalue weighted by molar-refractivity contribution is 7.15. The zero-order chi connectivity index (χ0) is 17.4. The minimum absolute atomic E-state index is 0.0333. The normalized spacial score (nSPS) is 10.8. The van der Waals surface area contributed by atoms with Gasteiger partial charge in [0.15, 0.2) is 6.61 Å². The highest BCUT2D eigenvalue weighted by Gasteiger charge is 2.11. The monoisotopic (exact) mass is 347 g/mol. The van der Waals surface area contributed by atoms with Gasteiger partial charge in [0.25, 0.3) is 5.91 Å². The van der Waals surface area contributed by atoms with Crippen molar-refractivity contribution in [3.8, 4) is 5.75 Å². The SMILES string of the molecule is CCCCCc1nnc(NC(=O)COc2ccccc2C(C)C)s1. The Morgan fingerprint density at radius 2 is 2.04 bits per heavy atom. The van der Waals surface area contributed by atoms with E-state index in [0.717, 1.165) is 29.2 Å². The van der Waals surface area contributed by atoms with E-state index in [9.17, 15) is 4.79 Å². The average molecular weight is 347 g/mol. The third-order valence-electron chi connectivity index (χ3n) is 3.61. The predicted octanol–water partition coefficient (Wildman–Crippen LogP) is 4.41. The molecule has 2 aromatic rings. The molecule has 0 aliphatic carbocycles. The van der Waals surface area contributed by atoms with E-state index >= 15 is 0 Å². The molecule has 1 N–H and O–H groups in total. The summed E-state index contributed by atoms with van der Waals surface area (Å²) in [5.74, 6) is 0.878. The van der Waals surface area contributed by atoms with Gasteiger partial charge in [-0.2, -0.15) is 0 Å². The van der Waals surface area contributed by atoms with Crippen molar-refractivity contribution in [2.24, 2.45) is 0 Å². The van der Waals surface area contributed by atoms with Crippen LogP contribution in [-0.2, 0) is 11.2 Å². The number of hydrogen-bond acceptors (Lipinski definition) is 5. The molecule has 1 aromatic heterocycles. The fourth-order valence-electron chi connectivity index (χ4n) is 2.32. The van der Waals surface area contributed by atoms with E-state index in [1.165, 1.54) is 24.2 Å². The average Bonchev–Trinajstić information content (AvgIpc) is 3.00. The summed E-state index contributed by atoms with van der Waals surface area (Å²) in [6, 6.07) is 7.79. The van der Waals surface area contributed by atoms with Crippen molar-refractivity contribution in [3.63, 3.8) is 0 Å². The highest BCUT2D eigenvalue weighted by atomic mass is 32.1. The first-order valence-corrected chi connectivity index (χ1v) is 9.25. The molecule has 0 spiro atoms. The fraction of sp³-hybridized carbons (Fsp3) is 0.500. The molecule has 0 aliphatic heterocycles. The smallest absolute Gasteiger partial charge is 0.264 e. The number of aryl methyl sites for hydroxylation is 1. The van der Waals surface area contributed by atoms with Gasteiger partial charge in [-0.05, 0) is 24.0 Å². The van der Waals surface area contributed by atoms with Crippen LogP contribution >= 0.6 is 11.3 Å². The van der Waals surface area contributed by atoms with Crippen LogP contribution in [0.5, 0.6) is 5.75 Å². The molecule has 1 heterocycles. The lowest BCUT2D eigenvalue weighted by atomic mass is 10.0. The Bertz CT molecular complexity index is 655. The summed E-state index contributed by atoms with van der Waals surface area (Å²) in [7, 11) is 0. The maximum Gasteiger partial charge on any atom is 0.264 e. The molecule has 0 atom stereocenters. The molecular weight excluding hydrogens is 322 g/mol. The molecule has 5 nitrogen and oxygen atoms in total. The number of hydrogen-bond donors (Lipinski definition) is 1. The van der Waals surface area contributed by atoms with Gasteiger partial charge in [0.05, 0.1) is 0 Å². The summed E-state index contributed by atoms with van der Waals surface area (Å²) < 4.78 is 5.66. The van der Waals surface area contributed by atoms with Crippen LogP contribution in [0.2, 0.25) is 0 Å². The predicted molar refractivity (Wildman–Crippen MR) is 97.8 cm³/mol. The number of unbranched alkanes of at least 4 members (excludes halogenated alkanes) is 2. The maximum atomic E-state index is 12.0. The van der Waals surface area contributed by atoms with Crippen molar-refractivity contribution in [2.45, 2.75) is 52.4 Å². The van der Waals surface area contributed by atoms with Crippen LogP contribution in [-0.4, -0.2) is 22.7 Å². The number of carbonyl (C=O) groups is 1. The van der Waals surface area contributed by atoms with Crippen LogP contribution in [0.4, 0.5) is 5.13 Å². The number of anilines is 1. The summed E-state index contributed by atoms with van der Waals surface area (Å²) in [6.45, 7) is 6.34. The van der Waals surface area contributed by atoms with Crippen LogP contribution in [0, 0.1) is 0 Å². The molecule has 0 bridgehead atoms. The fourth-order valence-corrected chi connectivity index (χ4v) is 3.12. The van der Waals surface area contributed by atoms with Crippen molar-refractivity contribution in [1.29, 1.82) is 0 Å². The number of rotatable bonds is 9. The number of nitrogens with zero attached hydrogens (tertiary/aromatic N) is 2. The molecule has 0 unspecified atom stereocenters. The molecule has 0 radical (unpaired) electrons. The molecule has 1 amide bonds. The van der Waals surface area contributed by atoms with E-state index in [2.05, 4.69) is 36.3 Å². The zero-order valence-electron chi connectivity index (χ0n) is 14.5. The number of para-hydroxylation sites is 1. The van der Waals surface area contributed by atoms with Gasteiger partial charge in [0.1, 0.15) is 10.8 Å². The first-order chi connectivity index (χ1) is 11.6. The second-order valence-corrected chi connectivity index (χ2v) is 7.05. The van der Waals surface area contributed by atoms with Gasteiger partial charge in [-0.1, -0.05) is 63.1 Å². The third kappa shape index (κ3) is 5.60. The second-order valence-electron chi connectivity index (χ2n) is 5.99. The number of aromatic nitrogens is 2. The molecular formula is C18H25N3O2S. The Kier molecular flexibility index (Phi) is 7.18. The maximum absolute atomic E-state index is 12.0. The lowest BCUT2D eigenvalue weighted by molar-refractivity contribution is -0.118. The summed E-state index contributed by atoms with van der Waals surface area (Å²) in [6.07, 6.45) is 4.38. The van der Waals surface area contributed by atoms with E-state index in [-0.39, 0.29) is 12.5 Å². The van der Waals surface area contributed by atoms with Crippen LogP contribution in [0.25, 0.3) is 0 Å². The van der Waals surface area contributed by atoms with Crippen molar-refractivity contribution >= 4 is 22.4 Å². The first kappa shape index (κ1) is 18.4. The lowest BCUT2D eigenvalue weighted by Crippen LogP contribution is -2.20. The molecule has 0 saturated carbocycles. The Morgan fingerprint density at radius 1 is 1.25 bits per heavy atom. The molecule has 0 saturated heterocycles. The summed E-state index contributed by atoms with van der Waals surface area (Å²) in [5, 5.41) is 12.4. The van der Waals surface area contributed by atoms with Crippen LogP contribution < -0.4 is 10.1 Å². The number of carbonyl (C=O) groups excluding carboxylic acids is 1. The summed E-state index contributed by atoms with van der Waals surface area (Å²) in [4.78, 5) is 12.0. The van der Waals surface area contributed by atoms with Gasteiger partial charge in [-0.3, -0.25) is 10.1 Å². The van der Waals surface area contributed by atoms with Crippen molar-refractivity contribution in [1.82, 2.24) is 10.2 Å². The summed E-state index contributed by atoms with van der Waals surface area (Å²) >= 11 is 1.43. The first-order valence-electron chi connectivity index (χ1n) is 8.44. The number of benzene rings is 1. The van der Waals surface area contributed by atoms with Gasteiger partial charge in [0.2, 0.25) is 5.13 Å². The van der Waals surface area contributed by atoms with Crippen LogP contribution in [0.3, 0.4) is 0 Å². The minimum atomic E-state index is -0.218. The van der Waals surface area contributed by atoms with Crippen molar-refractivity contribution in [3.05, 3.63) is 34.8 Å². The molecule has 130 valence electrons. The Labute approximate surface area is 147 Å². The van der Waals surface area contributed by atoms with Crippen LogP contribution in [0.15, 0.2) is 24.3 Å². The van der Waals surface area contributed by atoms with Crippen LogP contribution in [0.1, 0.15) is 56.5 Å². The van der Waals surface area contributed by atoms with E-state index in [4.69, 9.17) is 4.74 Å². The van der Waals surface area contributed by atoms with E-state index < -0.39 is 0 Å². The lowest BCUT2D eigenvalue weighted by Gasteiger charge is -2.13. The number of ether oxygens (including phenoxy) is 1. The van der Waals surface area contributed by atoms with Gasteiger partial charge >= 0.3 is 0 Å². The molecule has 0 aliphatic rings. The molecule has 0 fully saturated rings. The molecule has 2 rings (SSSR count). The van der Waals surface area contributed by atoms with Gasteiger partial charge in [-0.25, -0.2) is 0 Å². The molecule has 6 heteroatoms. The summed E-state index contributed by atoms with van der Waals surface area (Å²) in [5.41, 5.74) is 1.10. The van der Waals surface area contributed by atoms with Gasteiger partial charge < -0.3 is 4.74 Å². The van der Waals surface area contributed by atoms with Gasteiger partial charge in [0, 0.05) is 6.42 Å². The van der Waals surface area contributed by atoms with E-state index in [0.29, 0.717) is 11.0 Å². The molecule has 24 heavy (non-hydrogen) atoms. The quantitative estimate of drug-likeness (QED) is 0.682. The Morgan fingerprint density at radius 3 is 2.79 bits per heavy atom. The van der Waals surface area contributed by atoms with E-state index in [1.807, 2.05) is 24.3 Å². The molecule has 1 aromatic carbocycles. The zero-order valence-corrected chi connectivity index (χ0v) is 15.4. The van der Waals surface area contributed by atoms with Crippen molar-refractivity contribution in [2.75, 3.05) is 11.9 Å². The Balaban J connectivity index is 1.83.